The first kappa shape index (κ1) is 22.9. The van der Waals surface area contributed by atoms with Gasteiger partial charge >= 0.3 is 0 Å². The fourth-order valence-corrected chi connectivity index (χ4v) is 4.91. The predicted molar refractivity (Wildman–Crippen MR) is 123 cm³/mol. The molecule has 1 aliphatic rings. The minimum atomic E-state index is -1.21. The lowest BCUT2D eigenvalue weighted by Gasteiger charge is -2.40. The van der Waals surface area contributed by atoms with Crippen molar-refractivity contribution in [3.8, 4) is 0 Å². The van der Waals surface area contributed by atoms with E-state index in [0.717, 1.165) is 24.0 Å². The van der Waals surface area contributed by atoms with Crippen LogP contribution in [0.1, 0.15) is 44.7 Å². The second-order valence-corrected chi connectivity index (χ2v) is 10.8. The van der Waals surface area contributed by atoms with Crippen LogP contribution in [0.4, 0.5) is 0 Å². The summed E-state index contributed by atoms with van der Waals surface area (Å²) < 4.78 is 27.4. The van der Waals surface area contributed by atoms with Gasteiger partial charge in [0.2, 0.25) is 0 Å². The van der Waals surface area contributed by atoms with Crippen LogP contribution in [-0.4, -0.2) is 32.4 Å². The van der Waals surface area contributed by atoms with E-state index < -0.39 is 11.4 Å². The molecule has 0 aromatic heterocycles. The maximum atomic E-state index is 13.6. The zero-order chi connectivity index (χ0) is 21.4. The number of rotatable bonds is 9. The molecule has 0 spiro atoms. The molecular formula is C25H33NO3S. The average molecular weight is 428 g/mol. The quantitative estimate of drug-likeness (QED) is 0.514. The number of hydrogen-bond donors (Lipinski definition) is 0. The van der Waals surface area contributed by atoms with Crippen molar-refractivity contribution in [3.05, 3.63) is 84.1 Å². The first-order chi connectivity index (χ1) is 14.4. The molecule has 5 heteroatoms. The Balaban J connectivity index is 1.81. The van der Waals surface area contributed by atoms with Gasteiger partial charge in [-0.25, -0.2) is 0 Å². The first-order valence-corrected chi connectivity index (χ1v) is 11.7. The molecule has 3 rings (SSSR count). The lowest BCUT2D eigenvalue weighted by molar-refractivity contribution is -0.00431. The Kier molecular flexibility index (Phi) is 8.40. The highest BCUT2D eigenvalue weighted by Gasteiger charge is 2.42. The van der Waals surface area contributed by atoms with Gasteiger partial charge in [0, 0.05) is 11.4 Å². The van der Waals surface area contributed by atoms with Gasteiger partial charge in [0.25, 0.3) is 0 Å². The van der Waals surface area contributed by atoms with E-state index in [1.807, 2.05) is 63.2 Å². The molecule has 1 aliphatic heterocycles. The van der Waals surface area contributed by atoms with Crippen LogP contribution in [-0.2, 0) is 34.0 Å². The van der Waals surface area contributed by atoms with Crippen LogP contribution < -0.4 is 0 Å². The van der Waals surface area contributed by atoms with Gasteiger partial charge < -0.3 is 14.0 Å². The Morgan fingerprint density at radius 2 is 1.70 bits per heavy atom. The Hall–Kier alpha value is -1.79. The van der Waals surface area contributed by atoms with Crippen molar-refractivity contribution in [2.45, 2.75) is 63.7 Å². The Morgan fingerprint density at radius 1 is 1.07 bits per heavy atom. The summed E-state index contributed by atoms with van der Waals surface area (Å²) in [4.78, 5) is 0. The van der Waals surface area contributed by atoms with Crippen molar-refractivity contribution in [2.24, 2.45) is 0 Å². The van der Waals surface area contributed by atoms with Crippen molar-refractivity contribution in [1.29, 1.82) is 0 Å². The van der Waals surface area contributed by atoms with Crippen molar-refractivity contribution < 1.29 is 14.0 Å². The number of ether oxygens (including phenoxy) is 2. The Morgan fingerprint density at radius 3 is 2.27 bits per heavy atom. The van der Waals surface area contributed by atoms with Crippen LogP contribution >= 0.6 is 0 Å². The molecule has 0 amide bonds. The summed E-state index contributed by atoms with van der Waals surface area (Å²) >= 11 is -1.21. The van der Waals surface area contributed by atoms with Crippen molar-refractivity contribution in [3.63, 3.8) is 0 Å². The van der Waals surface area contributed by atoms with Gasteiger partial charge in [0.1, 0.15) is 16.9 Å². The van der Waals surface area contributed by atoms with Gasteiger partial charge in [-0.2, -0.15) is 0 Å². The van der Waals surface area contributed by atoms with Gasteiger partial charge in [-0.1, -0.05) is 60.7 Å². The maximum absolute atomic E-state index is 13.6. The maximum Gasteiger partial charge on any atom is 0.137 e. The van der Waals surface area contributed by atoms with Crippen LogP contribution in [0.5, 0.6) is 0 Å². The van der Waals surface area contributed by atoms with E-state index in [2.05, 4.69) is 28.6 Å². The van der Waals surface area contributed by atoms with Gasteiger partial charge in [-0.05, 0) is 50.8 Å². The highest BCUT2D eigenvalue weighted by molar-refractivity contribution is 7.90. The minimum absolute atomic E-state index is 0.0548. The smallest absolute Gasteiger partial charge is 0.137 e. The third-order valence-corrected chi connectivity index (χ3v) is 6.96. The molecule has 2 aromatic rings. The predicted octanol–water partition coefficient (Wildman–Crippen LogP) is 5.23. The van der Waals surface area contributed by atoms with Crippen LogP contribution in [0.3, 0.4) is 0 Å². The zero-order valence-corrected chi connectivity index (χ0v) is 19.0. The summed E-state index contributed by atoms with van der Waals surface area (Å²) in [6, 6.07) is 20.2. The molecule has 0 radical (unpaired) electrons. The summed E-state index contributed by atoms with van der Waals surface area (Å²) in [6.07, 6.45) is 5.62. The standard InChI is InChI=1S/C25H33NO3S/c1-25(2,3)30(27)26(18-21-12-6-4-7-13-21)23(24-16-10-11-17-29-24)20-28-19-22-14-8-5-9-15-22/h4-9,11-15,17,23-24H,10,16,18-20H2,1-3H3/t23-,24?,30?/m0/s1. The van der Waals surface area contributed by atoms with Crippen LogP contribution in [0.25, 0.3) is 0 Å². The largest absolute Gasteiger partial charge is 0.597 e. The minimum Gasteiger partial charge on any atom is -0.597 e. The lowest BCUT2D eigenvalue weighted by atomic mass is 10.0. The van der Waals surface area contributed by atoms with E-state index >= 15 is 0 Å². The molecule has 0 saturated carbocycles. The normalized spacial score (nSPS) is 18.8. The van der Waals surface area contributed by atoms with Gasteiger partial charge in [0.05, 0.1) is 26.0 Å². The monoisotopic (exact) mass is 427 g/mol. The average Bonchev–Trinajstić information content (AvgIpc) is 2.76. The van der Waals surface area contributed by atoms with Crippen LogP contribution in [0.15, 0.2) is 73.0 Å². The molecule has 4 nitrogen and oxygen atoms in total. The second kappa shape index (κ2) is 11.0. The molecule has 2 aromatic carbocycles. The third-order valence-electron chi connectivity index (χ3n) is 5.08. The second-order valence-electron chi connectivity index (χ2n) is 8.61. The molecule has 0 N–H and O–H groups in total. The van der Waals surface area contributed by atoms with E-state index in [-0.39, 0.29) is 16.9 Å². The van der Waals surface area contributed by atoms with Crippen LogP contribution in [0, 0.1) is 0 Å². The van der Waals surface area contributed by atoms with Crippen molar-refractivity contribution >= 4 is 11.4 Å². The fourth-order valence-electron chi connectivity index (χ4n) is 3.50. The molecule has 1 heterocycles. The van der Waals surface area contributed by atoms with Crippen molar-refractivity contribution in [2.75, 3.05) is 6.61 Å². The van der Waals surface area contributed by atoms with Gasteiger partial charge in [-0.15, -0.1) is 4.31 Å². The highest BCUT2D eigenvalue weighted by atomic mass is 32.2. The van der Waals surface area contributed by atoms with Crippen molar-refractivity contribution in [1.82, 2.24) is 4.31 Å². The number of allylic oxidation sites excluding steroid dienone is 1. The SMILES string of the molecule is CC(C)(C)[S+]([O-])N(Cc1ccccc1)[C@@H](COCc1ccccc1)C1CCC=CO1. The lowest BCUT2D eigenvalue weighted by Crippen LogP contribution is -2.54. The summed E-state index contributed by atoms with van der Waals surface area (Å²) in [5.74, 6) is 0. The summed E-state index contributed by atoms with van der Waals surface area (Å²) in [7, 11) is 0. The van der Waals surface area contributed by atoms with E-state index in [9.17, 15) is 4.55 Å². The molecule has 0 bridgehead atoms. The zero-order valence-electron chi connectivity index (χ0n) is 18.2. The van der Waals surface area contributed by atoms with Crippen LogP contribution in [0.2, 0.25) is 0 Å². The van der Waals surface area contributed by atoms with E-state index in [1.54, 1.807) is 6.26 Å². The van der Waals surface area contributed by atoms with E-state index in [1.165, 1.54) is 0 Å². The number of nitrogens with zero attached hydrogens (tertiary/aromatic N) is 1. The fraction of sp³-hybridized carbons (Fsp3) is 0.440. The molecular weight excluding hydrogens is 394 g/mol. The topological polar surface area (TPSA) is 44.8 Å². The molecule has 30 heavy (non-hydrogen) atoms. The molecule has 0 fully saturated rings. The molecule has 0 aliphatic carbocycles. The van der Waals surface area contributed by atoms with E-state index in [0.29, 0.717) is 19.8 Å². The summed E-state index contributed by atoms with van der Waals surface area (Å²) in [6.45, 7) is 7.64. The van der Waals surface area contributed by atoms with E-state index in [4.69, 9.17) is 9.47 Å². The molecule has 2 unspecified atom stereocenters. The molecule has 3 atom stereocenters. The Bertz CT molecular complexity index is 776. The molecule has 162 valence electrons. The summed E-state index contributed by atoms with van der Waals surface area (Å²) in [5.41, 5.74) is 2.27. The molecule has 0 saturated heterocycles. The summed E-state index contributed by atoms with van der Waals surface area (Å²) in [5, 5.41) is 0. The Labute approximate surface area is 184 Å². The van der Waals surface area contributed by atoms with Gasteiger partial charge in [-0.3, -0.25) is 0 Å². The first-order valence-electron chi connectivity index (χ1n) is 10.6. The third kappa shape index (κ3) is 6.61. The number of hydrogen-bond acceptors (Lipinski definition) is 4. The highest BCUT2D eigenvalue weighted by Crippen LogP contribution is 2.29. The van der Waals surface area contributed by atoms with Gasteiger partial charge in [0.15, 0.2) is 0 Å². The number of benzene rings is 2.